The van der Waals surface area contributed by atoms with Crippen molar-refractivity contribution < 1.29 is 19.7 Å². The Balaban J connectivity index is 2.78. The van der Waals surface area contributed by atoms with Crippen molar-refractivity contribution in [2.45, 2.75) is 13.0 Å². The number of ether oxygens (including phenoxy) is 1. The summed E-state index contributed by atoms with van der Waals surface area (Å²) in [6, 6.07) is 3.01. The maximum atomic E-state index is 11.6. The first-order valence-corrected chi connectivity index (χ1v) is 4.80. The summed E-state index contributed by atoms with van der Waals surface area (Å²) in [6.07, 6.45) is 1.81. The molecule has 0 aliphatic rings. The highest BCUT2D eigenvalue weighted by atomic mass is 16.5. The van der Waals surface area contributed by atoms with Gasteiger partial charge in [0, 0.05) is 19.2 Å². The molecule has 0 aromatic carbocycles. The third kappa shape index (κ3) is 3.39. The molecular formula is C10H13NO5. The van der Waals surface area contributed by atoms with Gasteiger partial charge in [0.25, 0.3) is 5.56 Å². The maximum Gasteiger partial charge on any atom is 0.323 e. The molecule has 0 saturated heterocycles. The predicted molar refractivity (Wildman–Crippen MR) is 55.5 cm³/mol. The van der Waals surface area contributed by atoms with Crippen molar-refractivity contribution in [2.75, 3.05) is 13.2 Å². The summed E-state index contributed by atoms with van der Waals surface area (Å²) in [5.74, 6) is -0.994. The van der Waals surface area contributed by atoms with E-state index in [1.165, 1.54) is 12.3 Å². The van der Waals surface area contributed by atoms with E-state index in [0.717, 1.165) is 4.57 Å². The first-order chi connectivity index (χ1) is 7.65. The summed E-state index contributed by atoms with van der Waals surface area (Å²) in [6.45, 7) is -0.186. The quantitative estimate of drug-likeness (QED) is 0.651. The van der Waals surface area contributed by atoms with E-state index < -0.39 is 18.1 Å². The smallest absolute Gasteiger partial charge is 0.323 e. The molecule has 1 aromatic heterocycles. The number of carboxylic acid groups (broad SMARTS) is 1. The van der Waals surface area contributed by atoms with Crippen LogP contribution in [-0.2, 0) is 11.3 Å². The molecule has 0 aliphatic carbocycles. The third-order valence-corrected chi connectivity index (χ3v) is 1.85. The second-order valence-electron chi connectivity index (χ2n) is 3.12. The molecule has 88 valence electrons. The minimum Gasteiger partial charge on any atom is -0.488 e. The van der Waals surface area contributed by atoms with Gasteiger partial charge in [-0.1, -0.05) is 0 Å². The van der Waals surface area contributed by atoms with Crippen molar-refractivity contribution in [3.8, 4) is 5.75 Å². The Kier molecular flexibility index (Phi) is 4.53. The van der Waals surface area contributed by atoms with Crippen LogP contribution >= 0.6 is 0 Å². The molecule has 0 atom stereocenters. The molecule has 0 bridgehead atoms. The van der Waals surface area contributed by atoms with Crippen LogP contribution in [0.4, 0.5) is 0 Å². The molecule has 0 spiro atoms. The van der Waals surface area contributed by atoms with E-state index in [-0.39, 0.29) is 19.0 Å². The Morgan fingerprint density at radius 3 is 2.88 bits per heavy atom. The van der Waals surface area contributed by atoms with Crippen LogP contribution in [-0.4, -0.2) is 34.0 Å². The van der Waals surface area contributed by atoms with Gasteiger partial charge in [0.15, 0.2) is 5.75 Å². The molecule has 0 saturated carbocycles. The molecule has 6 heteroatoms. The fraction of sp³-hybridized carbons (Fsp3) is 0.400. The Morgan fingerprint density at radius 2 is 2.25 bits per heavy atom. The number of nitrogens with zero attached hydrogens (tertiary/aromatic N) is 1. The van der Waals surface area contributed by atoms with Crippen LogP contribution < -0.4 is 10.3 Å². The van der Waals surface area contributed by atoms with Crippen molar-refractivity contribution in [3.63, 3.8) is 0 Å². The van der Waals surface area contributed by atoms with Crippen molar-refractivity contribution >= 4 is 5.97 Å². The molecule has 6 nitrogen and oxygen atoms in total. The second-order valence-corrected chi connectivity index (χ2v) is 3.12. The zero-order valence-electron chi connectivity index (χ0n) is 8.63. The molecule has 1 heterocycles. The molecule has 0 aliphatic heterocycles. The first-order valence-electron chi connectivity index (χ1n) is 4.80. The summed E-state index contributed by atoms with van der Waals surface area (Å²) in [5.41, 5.74) is -0.483. The lowest BCUT2D eigenvalue weighted by molar-refractivity contribution is -0.137. The third-order valence-electron chi connectivity index (χ3n) is 1.85. The second kappa shape index (κ2) is 5.92. The predicted octanol–water partition coefficient (Wildman–Crippen LogP) is -0.306. The molecule has 0 radical (unpaired) electrons. The fourth-order valence-electron chi connectivity index (χ4n) is 1.14. The van der Waals surface area contributed by atoms with E-state index in [9.17, 15) is 9.59 Å². The van der Waals surface area contributed by atoms with Crippen LogP contribution in [0.5, 0.6) is 5.75 Å². The van der Waals surface area contributed by atoms with Gasteiger partial charge in [-0.3, -0.25) is 9.59 Å². The largest absolute Gasteiger partial charge is 0.488 e. The minimum atomic E-state index is -1.09. The van der Waals surface area contributed by atoms with Gasteiger partial charge in [-0.15, -0.1) is 0 Å². The molecule has 0 unspecified atom stereocenters. The number of rotatable bonds is 6. The average Bonchev–Trinajstić information content (AvgIpc) is 2.23. The molecule has 1 aromatic rings. The van der Waals surface area contributed by atoms with E-state index in [4.69, 9.17) is 14.9 Å². The summed E-state index contributed by atoms with van der Waals surface area (Å²) in [5, 5.41) is 17.1. The van der Waals surface area contributed by atoms with E-state index in [1.54, 1.807) is 6.07 Å². The minimum absolute atomic E-state index is 0.0177. The number of pyridine rings is 1. The van der Waals surface area contributed by atoms with Gasteiger partial charge in [0.1, 0.15) is 6.54 Å². The van der Waals surface area contributed by atoms with Gasteiger partial charge < -0.3 is 19.5 Å². The van der Waals surface area contributed by atoms with Gasteiger partial charge in [-0.25, -0.2) is 0 Å². The lowest BCUT2D eigenvalue weighted by atomic mass is 10.4. The molecular weight excluding hydrogens is 214 g/mol. The maximum absolute atomic E-state index is 11.6. The highest BCUT2D eigenvalue weighted by molar-refractivity contribution is 5.66. The topological polar surface area (TPSA) is 88.8 Å². The molecule has 0 fully saturated rings. The van der Waals surface area contributed by atoms with Gasteiger partial charge >= 0.3 is 5.97 Å². The zero-order chi connectivity index (χ0) is 12.0. The lowest BCUT2D eigenvalue weighted by Crippen LogP contribution is -2.24. The van der Waals surface area contributed by atoms with E-state index in [1.807, 2.05) is 0 Å². The van der Waals surface area contributed by atoms with Crippen LogP contribution in [0.3, 0.4) is 0 Å². The Labute approximate surface area is 91.7 Å². The Bertz CT molecular complexity index is 412. The Hall–Kier alpha value is -1.82. The van der Waals surface area contributed by atoms with E-state index in [2.05, 4.69) is 0 Å². The van der Waals surface area contributed by atoms with Gasteiger partial charge in [0.2, 0.25) is 0 Å². The monoisotopic (exact) mass is 227 g/mol. The molecule has 1 rings (SSSR count). The highest BCUT2D eigenvalue weighted by Crippen LogP contribution is 2.02. The first kappa shape index (κ1) is 12.3. The van der Waals surface area contributed by atoms with Crippen molar-refractivity contribution in [1.29, 1.82) is 0 Å². The number of aliphatic hydroxyl groups excluding tert-OH is 1. The van der Waals surface area contributed by atoms with Gasteiger partial charge in [-0.2, -0.15) is 0 Å². The summed E-state index contributed by atoms with van der Waals surface area (Å²) < 4.78 is 6.17. The summed E-state index contributed by atoms with van der Waals surface area (Å²) in [7, 11) is 0. The summed E-state index contributed by atoms with van der Waals surface area (Å²) >= 11 is 0. The van der Waals surface area contributed by atoms with E-state index >= 15 is 0 Å². The van der Waals surface area contributed by atoms with Crippen molar-refractivity contribution in [2.24, 2.45) is 0 Å². The van der Waals surface area contributed by atoms with Crippen molar-refractivity contribution in [1.82, 2.24) is 4.57 Å². The number of hydrogen-bond donors (Lipinski definition) is 2. The standard InChI is InChI=1S/C10H13NO5/c12-5-2-6-16-8-3-1-4-11(10(8)15)7-9(13)14/h1,3-4,12H,2,5-7H2,(H,13,14). The number of aromatic nitrogens is 1. The number of aliphatic hydroxyl groups is 1. The Morgan fingerprint density at radius 1 is 1.50 bits per heavy atom. The number of aliphatic carboxylic acids is 1. The highest BCUT2D eigenvalue weighted by Gasteiger charge is 2.06. The number of carboxylic acids is 1. The van der Waals surface area contributed by atoms with Crippen LogP contribution in [0.1, 0.15) is 6.42 Å². The van der Waals surface area contributed by atoms with Crippen LogP contribution in [0.15, 0.2) is 23.1 Å². The summed E-state index contributed by atoms with van der Waals surface area (Å²) in [4.78, 5) is 22.1. The fourth-order valence-corrected chi connectivity index (χ4v) is 1.14. The normalized spacial score (nSPS) is 10.1. The van der Waals surface area contributed by atoms with Gasteiger partial charge in [-0.05, 0) is 12.1 Å². The molecule has 0 amide bonds. The number of carbonyl (C=O) groups is 1. The molecule has 2 N–H and O–H groups in total. The SMILES string of the molecule is O=C(O)Cn1cccc(OCCCO)c1=O. The van der Waals surface area contributed by atoms with Gasteiger partial charge in [0.05, 0.1) is 6.61 Å². The lowest BCUT2D eigenvalue weighted by Gasteiger charge is -2.07. The van der Waals surface area contributed by atoms with Crippen LogP contribution in [0, 0.1) is 0 Å². The van der Waals surface area contributed by atoms with Crippen LogP contribution in [0.25, 0.3) is 0 Å². The molecule has 16 heavy (non-hydrogen) atoms. The van der Waals surface area contributed by atoms with Crippen molar-refractivity contribution in [3.05, 3.63) is 28.7 Å². The van der Waals surface area contributed by atoms with Crippen LogP contribution in [0.2, 0.25) is 0 Å². The zero-order valence-corrected chi connectivity index (χ0v) is 8.63. The average molecular weight is 227 g/mol. The number of hydrogen-bond acceptors (Lipinski definition) is 4. The van der Waals surface area contributed by atoms with E-state index in [0.29, 0.717) is 6.42 Å².